The number of H-pyrrole nitrogens is 1. The van der Waals surface area contributed by atoms with Crippen molar-refractivity contribution in [1.29, 1.82) is 0 Å². The molecule has 0 aliphatic heterocycles. The van der Waals surface area contributed by atoms with Crippen molar-refractivity contribution in [2.45, 2.75) is 25.2 Å². The first-order valence-electron chi connectivity index (χ1n) is 7.62. The maximum atomic E-state index is 13.5. The van der Waals surface area contributed by atoms with Crippen LogP contribution in [-0.4, -0.2) is 28.3 Å². The van der Waals surface area contributed by atoms with E-state index in [1.54, 1.807) is 0 Å². The molecule has 1 aliphatic carbocycles. The molecule has 1 amide bonds. The number of halogens is 2. The van der Waals surface area contributed by atoms with Gasteiger partial charge in [-0.3, -0.25) is 14.6 Å². The van der Waals surface area contributed by atoms with Crippen LogP contribution in [0.25, 0.3) is 0 Å². The summed E-state index contributed by atoms with van der Waals surface area (Å²) in [5.41, 5.74) is -0.194. The quantitative estimate of drug-likeness (QED) is 0.880. The molecule has 0 unspecified atom stereocenters. The minimum atomic E-state index is -2.69. The lowest BCUT2D eigenvalue weighted by Crippen LogP contribution is -2.53. The van der Waals surface area contributed by atoms with Crippen molar-refractivity contribution in [3.05, 3.63) is 64.3 Å². The Bertz CT molecular complexity index is 782. The Labute approximate surface area is 137 Å². The molecule has 3 rings (SSSR count). The average molecular weight is 333 g/mol. The van der Waals surface area contributed by atoms with Crippen LogP contribution in [0, 0.1) is 5.41 Å². The molecule has 2 aromatic rings. The van der Waals surface area contributed by atoms with Crippen LogP contribution in [0.4, 0.5) is 8.78 Å². The lowest BCUT2D eigenvalue weighted by Gasteiger charge is -2.47. The minimum Gasteiger partial charge on any atom is -0.350 e. The Morgan fingerprint density at radius 3 is 2.54 bits per heavy atom. The van der Waals surface area contributed by atoms with E-state index in [1.165, 1.54) is 6.20 Å². The zero-order valence-corrected chi connectivity index (χ0v) is 12.9. The lowest BCUT2D eigenvalue weighted by atomic mass is 9.63. The van der Waals surface area contributed by atoms with Crippen molar-refractivity contribution in [3.8, 4) is 0 Å². The SMILES string of the molecule is O=C(NCC1(Cc2ccccc2)CC(F)(F)C1)c1cncc(=O)[nH]1. The fraction of sp³-hybridized carbons (Fsp3) is 0.353. The third-order valence-electron chi connectivity index (χ3n) is 4.21. The topological polar surface area (TPSA) is 74.8 Å². The number of aromatic amines is 1. The highest BCUT2D eigenvalue weighted by Crippen LogP contribution is 2.53. The standard InChI is InChI=1S/C17H17F2N3O2/c18-17(19)9-16(10-17,6-12-4-2-1-3-5-12)11-21-15(24)13-7-20-8-14(23)22-13/h1-5,7-8H,6,9-11H2,(H,21,24)(H,22,23). The summed E-state index contributed by atoms with van der Waals surface area (Å²) in [6.07, 6.45) is 2.22. The molecule has 1 saturated carbocycles. The van der Waals surface area contributed by atoms with Crippen LogP contribution in [0.1, 0.15) is 28.9 Å². The summed E-state index contributed by atoms with van der Waals surface area (Å²) in [7, 11) is 0. The molecule has 1 aromatic heterocycles. The van der Waals surface area contributed by atoms with Gasteiger partial charge in [0, 0.05) is 24.8 Å². The lowest BCUT2D eigenvalue weighted by molar-refractivity contribution is -0.158. The number of alkyl halides is 2. The summed E-state index contributed by atoms with van der Waals surface area (Å²) < 4.78 is 26.9. The molecule has 24 heavy (non-hydrogen) atoms. The molecule has 5 nitrogen and oxygen atoms in total. The highest BCUT2D eigenvalue weighted by molar-refractivity contribution is 5.91. The summed E-state index contributed by atoms with van der Waals surface area (Å²) in [4.78, 5) is 29.3. The molecule has 0 saturated heterocycles. The predicted molar refractivity (Wildman–Crippen MR) is 84.0 cm³/mol. The zero-order valence-electron chi connectivity index (χ0n) is 12.9. The summed E-state index contributed by atoms with van der Waals surface area (Å²) in [5.74, 6) is -3.22. The van der Waals surface area contributed by atoms with Crippen molar-refractivity contribution in [2.75, 3.05) is 6.54 Å². The molecule has 7 heteroatoms. The Hall–Kier alpha value is -2.57. The van der Waals surface area contributed by atoms with E-state index in [-0.39, 0.29) is 25.1 Å². The zero-order chi connectivity index (χ0) is 17.2. The van der Waals surface area contributed by atoms with Gasteiger partial charge in [-0.25, -0.2) is 8.78 Å². The molecule has 0 atom stereocenters. The first-order chi connectivity index (χ1) is 11.4. The molecular weight excluding hydrogens is 316 g/mol. The fourth-order valence-electron chi connectivity index (χ4n) is 3.24. The van der Waals surface area contributed by atoms with Gasteiger partial charge in [-0.1, -0.05) is 30.3 Å². The molecule has 0 spiro atoms. The average Bonchev–Trinajstić information content (AvgIpc) is 2.52. The van der Waals surface area contributed by atoms with Crippen molar-refractivity contribution >= 4 is 5.91 Å². The third kappa shape index (κ3) is 3.67. The van der Waals surface area contributed by atoms with E-state index >= 15 is 0 Å². The number of rotatable bonds is 5. The summed E-state index contributed by atoms with van der Waals surface area (Å²) >= 11 is 0. The van der Waals surface area contributed by atoms with Crippen molar-refractivity contribution in [1.82, 2.24) is 15.3 Å². The first-order valence-corrected chi connectivity index (χ1v) is 7.62. The van der Waals surface area contributed by atoms with Crippen LogP contribution in [0.5, 0.6) is 0 Å². The van der Waals surface area contributed by atoms with E-state index in [4.69, 9.17) is 0 Å². The molecule has 1 heterocycles. The van der Waals surface area contributed by atoms with E-state index in [2.05, 4.69) is 15.3 Å². The van der Waals surface area contributed by atoms with Crippen molar-refractivity contribution in [2.24, 2.45) is 5.41 Å². The van der Waals surface area contributed by atoms with Crippen LogP contribution in [0.15, 0.2) is 47.5 Å². The van der Waals surface area contributed by atoms with Gasteiger partial charge in [0.05, 0.1) is 12.4 Å². The van der Waals surface area contributed by atoms with Gasteiger partial charge in [-0.05, 0) is 12.0 Å². The van der Waals surface area contributed by atoms with Crippen LogP contribution < -0.4 is 10.9 Å². The Morgan fingerprint density at radius 2 is 1.92 bits per heavy atom. The molecule has 1 aliphatic rings. The number of nitrogens with one attached hydrogen (secondary N) is 2. The van der Waals surface area contributed by atoms with Gasteiger partial charge < -0.3 is 10.3 Å². The maximum Gasteiger partial charge on any atom is 0.269 e. The number of carbonyl (C=O) groups is 1. The molecule has 1 fully saturated rings. The number of benzene rings is 1. The van der Waals surface area contributed by atoms with Crippen LogP contribution in [0.2, 0.25) is 0 Å². The van der Waals surface area contributed by atoms with Gasteiger partial charge >= 0.3 is 0 Å². The fourth-order valence-corrected chi connectivity index (χ4v) is 3.24. The Balaban J connectivity index is 1.69. The molecule has 0 radical (unpaired) electrons. The van der Waals surface area contributed by atoms with Crippen molar-refractivity contribution < 1.29 is 13.6 Å². The van der Waals surface area contributed by atoms with E-state index in [9.17, 15) is 18.4 Å². The highest BCUT2D eigenvalue weighted by Gasteiger charge is 2.56. The monoisotopic (exact) mass is 333 g/mol. The smallest absolute Gasteiger partial charge is 0.269 e. The Morgan fingerprint density at radius 1 is 1.21 bits per heavy atom. The second-order valence-electron chi connectivity index (χ2n) is 6.36. The molecular formula is C17H17F2N3O2. The first kappa shape index (κ1) is 16.3. The molecule has 2 N–H and O–H groups in total. The van der Waals surface area contributed by atoms with E-state index in [1.807, 2.05) is 30.3 Å². The third-order valence-corrected chi connectivity index (χ3v) is 4.21. The maximum absolute atomic E-state index is 13.5. The number of aromatic nitrogens is 2. The van der Waals surface area contributed by atoms with E-state index < -0.39 is 22.8 Å². The Kier molecular flexibility index (Phi) is 4.17. The van der Waals surface area contributed by atoms with Crippen LogP contribution in [0.3, 0.4) is 0 Å². The number of carbonyl (C=O) groups excluding carboxylic acids is 1. The van der Waals surface area contributed by atoms with Gasteiger partial charge in [0.15, 0.2) is 0 Å². The van der Waals surface area contributed by atoms with E-state index in [0.717, 1.165) is 11.8 Å². The van der Waals surface area contributed by atoms with Gasteiger partial charge in [-0.15, -0.1) is 0 Å². The normalized spacial score (nSPS) is 17.8. The summed E-state index contributed by atoms with van der Waals surface area (Å²) in [6, 6.07) is 9.36. The second kappa shape index (κ2) is 6.14. The molecule has 0 bridgehead atoms. The molecule has 126 valence electrons. The largest absolute Gasteiger partial charge is 0.350 e. The van der Waals surface area contributed by atoms with Gasteiger partial charge in [0.1, 0.15) is 5.69 Å². The van der Waals surface area contributed by atoms with Crippen LogP contribution >= 0.6 is 0 Å². The number of nitrogens with zero attached hydrogens (tertiary/aromatic N) is 1. The predicted octanol–water partition coefficient (Wildman–Crippen LogP) is 2.16. The number of hydrogen-bond acceptors (Lipinski definition) is 3. The van der Waals surface area contributed by atoms with Crippen LogP contribution in [-0.2, 0) is 6.42 Å². The molecule has 1 aromatic carbocycles. The number of hydrogen-bond donors (Lipinski definition) is 2. The van der Waals surface area contributed by atoms with Gasteiger partial charge in [-0.2, -0.15) is 0 Å². The number of amides is 1. The second-order valence-corrected chi connectivity index (χ2v) is 6.36. The van der Waals surface area contributed by atoms with Gasteiger partial charge in [0.25, 0.3) is 11.5 Å². The summed E-state index contributed by atoms with van der Waals surface area (Å²) in [6.45, 7) is 0.118. The van der Waals surface area contributed by atoms with Gasteiger partial charge in [0.2, 0.25) is 5.92 Å². The highest BCUT2D eigenvalue weighted by atomic mass is 19.3. The summed E-state index contributed by atoms with van der Waals surface area (Å²) in [5, 5.41) is 2.64. The minimum absolute atomic E-state index is 0.0171. The van der Waals surface area contributed by atoms with Crippen molar-refractivity contribution in [3.63, 3.8) is 0 Å². The van der Waals surface area contributed by atoms with E-state index in [0.29, 0.717) is 6.42 Å².